The van der Waals surface area contributed by atoms with E-state index >= 15 is 0 Å². The fourth-order valence-corrected chi connectivity index (χ4v) is 2.25. The van der Waals surface area contributed by atoms with E-state index in [9.17, 15) is 4.79 Å². The summed E-state index contributed by atoms with van der Waals surface area (Å²) in [6.45, 7) is 0.423. The van der Waals surface area contributed by atoms with Crippen molar-refractivity contribution in [2.24, 2.45) is 5.73 Å². The number of ether oxygens (including phenoxy) is 1. The summed E-state index contributed by atoms with van der Waals surface area (Å²) in [5, 5.41) is 2.85. The molecule has 96 valence electrons. The van der Waals surface area contributed by atoms with Crippen LogP contribution in [0, 0.1) is 0 Å². The van der Waals surface area contributed by atoms with Gasteiger partial charge in [0.2, 0.25) is 5.91 Å². The summed E-state index contributed by atoms with van der Waals surface area (Å²) < 4.78 is 5.51. The summed E-state index contributed by atoms with van der Waals surface area (Å²) in [6, 6.07) is 5.98. The smallest absolute Gasteiger partial charge is 0.227 e. The number of carbonyl (C=O) groups is 1. The molecule has 1 saturated heterocycles. The Balaban J connectivity index is 1.87. The molecular weight excluding hydrogens is 232 g/mol. The van der Waals surface area contributed by atoms with Crippen LogP contribution in [0.5, 0.6) is 5.75 Å². The predicted octanol–water partition coefficient (Wildman–Crippen LogP) is 0.231. The van der Waals surface area contributed by atoms with Crippen molar-refractivity contribution in [3.63, 3.8) is 0 Å². The number of rotatable bonds is 1. The third-order valence-electron chi connectivity index (χ3n) is 3.20. The molecular formula is C12H16N4O2. The summed E-state index contributed by atoms with van der Waals surface area (Å²) in [7, 11) is 0. The fraction of sp³-hybridized carbons (Fsp3) is 0.417. The van der Waals surface area contributed by atoms with Crippen molar-refractivity contribution >= 4 is 11.6 Å². The quantitative estimate of drug-likeness (QED) is 0.571. The molecule has 5 N–H and O–H groups in total. The molecule has 1 aromatic rings. The minimum atomic E-state index is -0.0420. The topological polar surface area (TPSA) is 88.4 Å². The van der Waals surface area contributed by atoms with Gasteiger partial charge >= 0.3 is 0 Å². The number of benzene rings is 1. The number of hydrazine groups is 1. The zero-order valence-corrected chi connectivity index (χ0v) is 9.90. The van der Waals surface area contributed by atoms with E-state index in [2.05, 4.69) is 16.2 Å². The van der Waals surface area contributed by atoms with E-state index in [-0.39, 0.29) is 18.1 Å². The van der Waals surface area contributed by atoms with Gasteiger partial charge in [-0.05, 0) is 24.1 Å². The minimum Gasteiger partial charge on any atom is -0.491 e. The molecule has 6 heteroatoms. The second-order valence-electron chi connectivity index (χ2n) is 4.59. The maximum Gasteiger partial charge on any atom is 0.227 e. The van der Waals surface area contributed by atoms with Gasteiger partial charge in [-0.1, -0.05) is 6.07 Å². The van der Waals surface area contributed by atoms with Crippen LogP contribution in [0.1, 0.15) is 24.4 Å². The molecule has 1 fully saturated rings. The third kappa shape index (κ3) is 2.17. The number of carbonyl (C=O) groups excluding carboxylic acids is 1. The molecule has 6 nitrogen and oxygen atoms in total. The Morgan fingerprint density at radius 3 is 3.00 bits per heavy atom. The molecule has 0 radical (unpaired) electrons. The van der Waals surface area contributed by atoms with Crippen LogP contribution in [-0.2, 0) is 4.79 Å². The lowest BCUT2D eigenvalue weighted by molar-refractivity contribution is -0.116. The second-order valence-corrected chi connectivity index (χ2v) is 4.59. The van der Waals surface area contributed by atoms with Gasteiger partial charge < -0.3 is 15.8 Å². The van der Waals surface area contributed by atoms with Gasteiger partial charge in [0, 0.05) is 6.04 Å². The molecule has 0 bridgehead atoms. The van der Waals surface area contributed by atoms with Crippen LogP contribution in [0.15, 0.2) is 18.2 Å². The standard InChI is InChI=1S/C12H16N4O2/c13-11-6-8(15-16-11)7-1-2-10-9(5-7)14-12(17)3-4-18-10/h1-2,5,8,11,15-16H,3-4,6,13H2,(H,14,17). The lowest BCUT2D eigenvalue weighted by Gasteiger charge is -2.13. The molecule has 0 aromatic heterocycles. The molecule has 2 unspecified atom stereocenters. The molecule has 0 spiro atoms. The Hall–Kier alpha value is -1.63. The summed E-state index contributed by atoms with van der Waals surface area (Å²) in [5.41, 5.74) is 13.7. The third-order valence-corrected chi connectivity index (χ3v) is 3.20. The van der Waals surface area contributed by atoms with Crippen LogP contribution < -0.4 is 26.6 Å². The monoisotopic (exact) mass is 248 g/mol. The second kappa shape index (κ2) is 4.56. The Labute approximate surface area is 105 Å². The Kier molecular flexibility index (Phi) is 2.91. The van der Waals surface area contributed by atoms with Crippen molar-refractivity contribution < 1.29 is 9.53 Å². The fourth-order valence-electron chi connectivity index (χ4n) is 2.25. The Morgan fingerprint density at radius 1 is 1.33 bits per heavy atom. The highest BCUT2D eigenvalue weighted by molar-refractivity contribution is 5.93. The van der Waals surface area contributed by atoms with Crippen molar-refractivity contribution in [2.75, 3.05) is 11.9 Å². The van der Waals surface area contributed by atoms with Gasteiger partial charge in [-0.25, -0.2) is 10.9 Å². The van der Waals surface area contributed by atoms with E-state index < -0.39 is 0 Å². The first-order chi connectivity index (χ1) is 8.72. The molecule has 1 aromatic carbocycles. The van der Waals surface area contributed by atoms with Crippen molar-refractivity contribution in [3.05, 3.63) is 23.8 Å². The predicted molar refractivity (Wildman–Crippen MR) is 66.8 cm³/mol. The number of nitrogens with two attached hydrogens (primary N) is 1. The van der Waals surface area contributed by atoms with Gasteiger partial charge in [0.25, 0.3) is 0 Å². The van der Waals surface area contributed by atoms with E-state index in [1.807, 2.05) is 18.2 Å². The Bertz CT molecular complexity index is 477. The lowest BCUT2D eigenvalue weighted by Crippen LogP contribution is -2.36. The summed E-state index contributed by atoms with van der Waals surface area (Å²) in [4.78, 5) is 11.5. The first-order valence-corrected chi connectivity index (χ1v) is 6.05. The molecule has 18 heavy (non-hydrogen) atoms. The van der Waals surface area contributed by atoms with Gasteiger partial charge in [0.05, 0.1) is 24.9 Å². The normalized spacial score (nSPS) is 27.1. The highest BCUT2D eigenvalue weighted by Crippen LogP contribution is 2.31. The van der Waals surface area contributed by atoms with Crippen LogP contribution >= 0.6 is 0 Å². The van der Waals surface area contributed by atoms with Crippen LogP contribution in [0.2, 0.25) is 0 Å². The zero-order chi connectivity index (χ0) is 12.5. The molecule has 3 rings (SSSR count). The van der Waals surface area contributed by atoms with E-state index in [4.69, 9.17) is 10.5 Å². The van der Waals surface area contributed by atoms with Crippen molar-refractivity contribution in [1.29, 1.82) is 0 Å². The van der Waals surface area contributed by atoms with Gasteiger partial charge in [0.1, 0.15) is 5.75 Å². The zero-order valence-electron chi connectivity index (χ0n) is 9.90. The molecule has 1 amide bonds. The molecule has 2 aliphatic rings. The van der Waals surface area contributed by atoms with Crippen LogP contribution in [-0.4, -0.2) is 18.7 Å². The van der Waals surface area contributed by atoms with Gasteiger partial charge in [0.15, 0.2) is 0 Å². The number of anilines is 1. The maximum atomic E-state index is 11.5. The number of hydrogen-bond acceptors (Lipinski definition) is 5. The van der Waals surface area contributed by atoms with Crippen molar-refractivity contribution in [1.82, 2.24) is 10.9 Å². The highest BCUT2D eigenvalue weighted by atomic mass is 16.5. The molecule has 0 saturated carbocycles. The van der Waals surface area contributed by atoms with E-state index in [1.54, 1.807) is 0 Å². The van der Waals surface area contributed by atoms with E-state index in [0.29, 0.717) is 13.0 Å². The van der Waals surface area contributed by atoms with E-state index in [1.165, 1.54) is 0 Å². The SMILES string of the molecule is NC1CC(c2ccc3c(c2)NC(=O)CCO3)NN1. The van der Waals surface area contributed by atoms with Gasteiger partial charge in [-0.15, -0.1) is 0 Å². The summed E-state index contributed by atoms with van der Waals surface area (Å²) in [5.74, 6) is 0.708. The van der Waals surface area contributed by atoms with Gasteiger partial charge in [-0.3, -0.25) is 4.79 Å². The number of amides is 1. The molecule has 2 heterocycles. The van der Waals surface area contributed by atoms with E-state index in [0.717, 1.165) is 23.4 Å². The first kappa shape index (κ1) is 11.5. The average molecular weight is 248 g/mol. The van der Waals surface area contributed by atoms with Crippen molar-refractivity contribution in [2.45, 2.75) is 25.0 Å². The average Bonchev–Trinajstić information content (AvgIpc) is 2.69. The maximum absolute atomic E-state index is 11.5. The first-order valence-electron chi connectivity index (χ1n) is 6.05. The van der Waals surface area contributed by atoms with Crippen LogP contribution in [0.25, 0.3) is 0 Å². The highest BCUT2D eigenvalue weighted by Gasteiger charge is 2.23. The number of fused-ring (bicyclic) bond motifs is 1. The molecule has 2 aliphatic heterocycles. The molecule has 0 aliphatic carbocycles. The summed E-state index contributed by atoms with van der Waals surface area (Å²) in [6.07, 6.45) is 1.16. The number of hydrogen-bond donors (Lipinski definition) is 4. The minimum absolute atomic E-state index is 0.0138. The molecule has 2 atom stereocenters. The largest absolute Gasteiger partial charge is 0.491 e. The van der Waals surface area contributed by atoms with Crippen LogP contribution in [0.3, 0.4) is 0 Å². The Morgan fingerprint density at radius 2 is 2.22 bits per heavy atom. The lowest BCUT2D eigenvalue weighted by atomic mass is 10.0. The van der Waals surface area contributed by atoms with Crippen molar-refractivity contribution in [3.8, 4) is 5.75 Å². The summed E-state index contributed by atoms with van der Waals surface area (Å²) >= 11 is 0. The number of nitrogens with one attached hydrogen (secondary N) is 3. The van der Waals surface area contributed by atoms with Crippen LogP contribution in [0.4, 0.5) is 5.69 Å². The van der Waals surface area contributed by atoms with Gasteiger partial charge in [-0.2, -0.15) is 0 Å².